The normalized spacial score (nSPS) is 11.7. The van der Waals surface area contributed by atoms with Crippen LogP contribution in [-0.4, -0.2) is 23.3 Å². The van der Waals surface area contributed by atoms with E-state index in [0.29, 0.717) is 6.54 Å². The van der Waals surface area contributed by atoms with E-state index in [2.05, 4.69) is 36.3 Å². The van der Waals surface area contributed by atoms with Gasteiger partial charge in [-0.15, -0.1) is 0 Å². The van der Waals surface area contributed by atoms with Gasteiger partial charge < -0.3 is 11.1 Å². The summed E-state index contributed by atoms with van der Waals surface area (Å²) in [6.07, 6.45) is 1.80. The Bertz CT molecular complexity index is 259. The Labute approximate surface area is 78.9 Å². The van der Waals surface area contributed by atoms with Gasteiger partial charge in [-0.2, -0.15) is 5.10 Å². The number of aromatic nitrogens is 2. The molecule has 1 rings (SSSR count). The molecule has 1 aromatic rings. The highest BCUT2D eigenvalue weighted by Crippen LogP contribution is 2.26. The largest absolute Gasteiger partial charge is 0.381 e. The van der Waals surface area contributed by atoms with E-state index in [1.54, 1.807) is 6.20 Å². The van der Waals surface area contributed by atoms with E-state index < -0.39 is 0 Å². The molecule has 4 N–H and O–H groups in total. The second kappa shape index (κ2) is 3.79. The topological polar surface area (TPSA) is 66.7 Å². The zero-order chi connectivity index (χ0) is 9.90. The van der Waals surface area contributed by atoms with Crippen molar-refractivity contribution < 1.29 is 0 Å². The molecule has 0 radical (unpaired) electrons. The van der Waals surface area contributed by atoms with Crippen LogP contribution < -0.4 is 11.1 Å². The zero-order valence-corrected chi connectivity index (χ0v) is 8.52. The van der Waals surface area contributed by atoms with Gasteiger partial charge in [-0.05, 0) is 0 Å². The van der Waals surface area contributed by atoms with Crippen LogP contribution in [0.2, 0.25) is 0 Å². The maximum Gasteiger partial charge on any atom is 0.0762 e. The van der Waals surface area contributed by atoms with Crippen molar-refractivity contribution in [3.05, 3.63) is 11.9 Å². The fraction of sp³-hybridized carbons (Fsp3) is 0.667. The molecule has 0 aliphatic heterocycles. The van der Waals surface area contributed by atoms with E-state index >= 15 is 0 Å². The van der Waals surface area contributed by atoms with Gasteiger partial charge in [0.2, 0.25) is 0 Å². The number of hydrogen-bond acceptors (Lipinski definition) is 3. The van der Waals surface area contributed by atoms with E-state index in [-0.39, 0.29) is 5.41 Å². The van der Waals surface area contributed by atoms with E-state index in [4.69, 9.17) is 5.73 Å². The Kier molecular flexibility index (Phi) is 2.93. The Morgan fingerprint density at radius 3 is 2.77 bits per heavy atom. The predicted octanol–water partition coefficient (Wildman–Crippen LogP) is 1.08. The molecule has 4 nitrogen and oxygen atoms in total. The highest BCUT2D eigenvalue weighted by Gasteiger charge is 2.19. The number of rotatable bonds is 3. The third-order valence-corrected chi connectivity index (χ3v) is 1.85. The Hall–Kier alpha value is -1.03. The summed E-state index contributed by atoms with van der Waals surface area (Å²) in [5, 5.41) is 10.2. The second-order valence-corrected chi connectivity index (χ2v) is 4.12. The summed E-state index contributed by atoms with van der Waals surface area (Å²) in [6.45, 7) is 7.85. The van der Waals surface area contributed by atoms with E-state index in [1.807, 2.05) is 0 Å². The average Bonchev–Trinajstić information content (AvgIpc) is 2.47. The maximum absolute atomic E-state index is 5.41. The van der Waals surface area contributed by atoms with Gasteiger partial charge in [0.25, 0.3) is 0 Å². The minimum absolute atomic E-state index is 0.0907. The van der Waals surface area contributed by atoms with Crippen LogP contribution >= 0.6 is 0 Å². The van der Waals surface area contributed by atoms with Crippen molar-refractivity contribution in [1.29, 1.82) is 0 Å². The van der Waals surface area contributed by atoms with Crippen LogP contribution in [0.4, 0.5) is 5.69 Å². The summed E-state index contributed by atoms with van der Waals surface area (Å²) in [7, 11) is 0. The van der Waals surface area contributed by atoms with Crippen molar-refractivity contribution in [3.63, 3.8) is 0 Å². The lowest BCUT2D eigenvalue weighted by molar-refractivity contribution is 0.568. The quantitative estimate of drug-likeness (QED) is 0.655. The van der Waals surface area contributed by atoms with Crippen molar-refractivity contribution >= 4 is 5.69 Å². The summed E-state index contributed by atoms with van der Waals surface area (Å²) >= 11 is 0. The predicted molar refractivity (Wildman–Crippen MR) is 54.8 cm³/mol. The molecule has 0 aliphatic rings. The van der Waals surface area contributed by atoms with Crippen molar-refractivity contribution in [3.8, 4) is 0 Å². The lowest BCUT2D eigenvalue weighted by atomic mass is 9.91. The highest BCUT2D eigenvalue weighted by molar-refractivity contribution is 5.48. The summed E-state index contributed by atoms with van der Waals surface area (Å²) in [5.74, 6) is 0. The average molecular weight is 182 g/mol. The standard InChI is InChI=1S/C9H18N4/c1-9(2,3)8-7(6-12-13-8)11-5-4-10/h6,11H,4-5,10H2,1-3H3,(H,12,13). The van der Waals surface area contributed by atoms with Gasteiger partial charge in [0, 0.05) is 18.5 Å². The molecule has 0 atom stereocenters. The number of aromatic amines is 1. The minimum atomic E-state index is 0.0907. The monoisotopic (exact) mass is 182 g/mol. The summed E-state index contributed by atoms with van der Waals surface area (Å²) in [4.78, 5) is 0. The highest BCUT2D eigenvalue weighted by atomic mass is 15.1. The molecule has 0 saturated heterocycles. The molecule has 0 unspecified atom stereocenters. The number of hydrogen-bond donors (Lipinski definition) is 3. The molecule has 0 aromatic carbocycles. The van der Waals surface area contributed by atoms with Gasteiger partial charge in [-0.3, -0.25) is 5.10 Å². The van der Waals surface area contributed by atoms with Gasteiger partial charge in [0.1, 0.15) is 0 Å². The molecule has 4 heteroatoms. The number of nitrogens with one attached hydrogen (secondary N) is 2. The minimum Gasteiger partial charge on any atom is -0.381 e. The van der Waals surface area contributed by atoms with Crippen LogP contribution in [0.1, 0.15) is 26.5 Å². The van der Waals surface area contributed by atoms with E-state index in [9.17, 15) is 0 Å². The van der Waals surface area contributed by atoms with E-state index in [0.717, 1.165) is 17.9 Å². The van der Waals surface area contributed by atoms with Gasteiger partial charge in [-0.1, -0.05) is 20.8 Å². The molecule has 0 amide bonds. The first-order valence-electron chi connectivity index (χ1n) is 4.53. The summed E-state index contributed by atoms with van der Waals surface area (Å²) in [6, 6.07) is 0. The molecule has 74 valence electrons. The van der Waals surface area contributed by atoms with Crippen molar-refractivity contribution in [1.82, 2.24) is 10.2 Å². The lowest BCUT2D eigenvalue weighted by Gasteiger charge is -2.18. The van der Waals surface area contributed by atoms with Crippen molar-refractivity contribution in [2.45, 2.75) is 26.2 Å². The van der Waals surface area contributed by atoms with Gasteiger partial charge >= 0.3 is 0 Å². The number of nitrogens with two attached hydrogens (primary N) is 1. The molecule has 13 heavy (non-hydrogen) atoms. The third kappa shape index (κ3) is 2.45. The number of nitrogens with zero attached hydrogens (tertiary/aromatic N) is 1. The van der Waals surface area contributed by atoms with Gasteiger partial charge in [0.15, 0.2) is 0 Å². The summed E-state index contributed by atoms with van der Waals surface area (Å²) < 4.78 is 0. The molecular weight excluding hydrogens is 164 g/mol. The zero-order valence-electron chi connectivity index (χ0n) is 8.52. The molecule has 1 aromatic heterocycles. The first kappa shape index (κ1) is 10.1. The third-order valence-electron chi connectivity index (χ3n) is 1.85. The van der Waals surface area contributed by atoms with Crippen molar-refractivity contribution in [2.24, 2.45) is 5.73 Å². The maximum atomic E-state index is 5.41. The molecule has 0 fully saturated rings. The van der Waals surface area contributed by atoms with Gasteiger partial charge in [0.05, 0.1) is 17.6 Å². The van der Waals surface area contributed by atoms with Crippen LogP contribution in [0.25, 0.3) is 0 Å². The lowest BCUT2D eigenvalue weighted by Crippen LogP contribution is -2.18. The molecule has 0 aliphatic carbocycles. The fourth-order valence-electron chi connectivity index (χ4n) is 1.20. The van der Waals surface area contributed by atoms with Crippen LogP contribution in [0, 0.1) is 0 Å². The van der Waals surface area contributed by atoms with Gasteiger partial charge in [-0.25, -0.2) is 0 Å². The summed E-state index contributed by atoms with van der Waals surface area (Å²) in [5.41, 5.74) is 7.68. The molecule has 0 spiro atoms. The number of H-pyrrole nitrogens is 1. The SMILES string of the molecule is CC(C)(C)c1[nH]ncc1NCCN. The van der Waals surface area contributed by atoms with E-state index in [1.165, 1.54) is 0 Å². The molecule has 0 bridgehead atoms. The Balaban J connectivity index is 2.77. The second-order valence-electron chi connectivity index (χ2n) is 4.12. The molecule has 0 saturated carbocycles. The number of anilines is 1. The Morgan fingerprint density at radius 2 is 2.23 bits per heavy atom. The molecular formula is C9H18N4. The first-order chi connectivity index (χ1) is 6.05. The van der Waals surface area contributed by atoms with Crippen LogP contribution in [-0.2, 0) is 5.41 Å². The fourth-order valence-corrected chi connectivity index (χ4v) is 1.20. The smallest absolute Gasteiger partial charge is 0.0762 e. The van der Waals surface area contributed by atoms with Crippen molar-refractivity contribution in [2.75, 3.05) is 18.4 Å². The first-order valence-corrected chi connectivity index (χ1v) is 4.53. The Morgan fingerprint density at radius 1 is 1.54 bits per heavy atom. The molecule has 1 heterocycles. The van der Waals surface area contributed by atoms with Crippen LogP contribution in [0.3, 0.4) is 0 Å². The van der Waals surface area contributed by atoms with Crippen LogP contribution in [0.15, 0.2) is 6.20 Å². The van der Waals surface area contributed by atoms with Crippen LogP contribution in [0.5, 0.6) is 0 Å².